The van der Waals surface area contributed by atoms with Crippen LogP contribution < -0.4 is 0 Å². The highest BCUT2D eigenvalue weighted by molar-refractivity contribution is 5.03. The molecule has 0 saturated carbocycles. The minimum atomic E-state index is 0.0520. The zero-order chi connectivity index (χ0) is 8.81. The van der Waals surface area contributed by atoms with Crippen molar-refractivity contribution < 1.29 is 9.15 Å². The first-order valence-electron chi connectivity index (χ1n) is 4.05. The summed E-state index contributed by atoms with van der Waals surface area (Å²) in [5.41, 5.74) is 0. The minimum Gasteiger partial charge on any atom is -0.467 e. The third-order valence-corrected chi connectivity index (χ3v) is 1.73. The van der Waals surface area contributed by atoms with Gasteiger partial charge in [0, 0.05) is 7.11 Å². The summed E-state index contributed by atoms with van der Waals surface area (Å²) in [6, 6.07) is 3.80. The van der Waals surface area contributed by atoms with Crippen LogP contribution in [0.5, 0.6) is 0 Å². The fourth-order valence-corrected chi connectivity index (χ4v) is 1.06. The first-order valence-corrected chi connectivity index (χ1v) is 4.05. The predicted molar refractivity (Wildman–Crippen MR) is 47.9 cm³/mol. The average Bonchev–Trinajstić information content (AvgIpc) is 2.59. The van der Waals surface area contributed by atoms with E-state index < -0.39 is 0 Å². The summed E-state index contributed by atoms with van der Waals surface area (Å²) in [7, 11) is 1.69. The Bertz CT molecular complexity index is 224. The second-order valence-corrected chi connectivity index (χ2v) is 2.54. The molecule has 1 rings (SSSR count). The van der Waals surface area contributed by atoms with Crippen LogP contribution in [0.15, 0.2) is 35.0 Å². The van der Waals surface area contributed by atoms with Crippen LogP contribution in [0.4, 0.5) is 0 Å². The van der Waals surface area contributed by atoms with Crippen molar-refractivity contribution in [2.75, 3.05) is 7.11 Å². The van der Waals surface area contributed by atoms with Gasteiger partial charge in [-0.3, -0.25) is 0 Å². The number of ether oxygens (including phenoxy) is 1. The van der Waals surface area contributed by atoms with E-state index in [9.17, 15) is 0 Å². The number of rotatable bonds is 4. The second kappa shape index (κ2) is 4.78. The van der Waals surface area contributed by atoms with E-state index in [2.05, 4.69) is 6.08 Å². The molecule has 1 aromatic heterocycles. The van der Waals surface area contributed by atoms with Gasteiger partial charge in [-0.05, 0) is 25.5 Å². The number of allylic oxidation sites excluding steroid dienone is 1. The van der Waals surface area contributed by atoms with Crippen molar-refractivity contribution in [3.63, 3.8) is 0 Å². The van der Waals surface area contributed by atoms with Gasteiger partial charge in [0.25, 0.3) is 0 Å². The molecule has 0 saturated heterocycles. The van der Waals surface area contributed by atoms with E-state index in [0.29, 0.717) is 0 Å². The Hall–Kier alpha value is -1.02. The molecule has 0 aliphatic heterocycles. The Kier molecular flexibility index (Phi) is 3.61. The van der Waals surface area contributed by atoms with Gasteiger partial charge in [0.05, 0.1) is 6.26 Å². The summed E-state index contributed by atoms with van der Waals surface area (Å²) in [6.45, 7) is 1.99. The van der Waals surface area contributed by atoms with Gasteiger partial charge in [-0.1, -0.05) is 12.2 Å². The number of hydrogen-bond donors (Lipinski definition) is 0. The summed E-state index contributed by atoms with van der Waals surface area (Å²) >= 11 is 0. The van der Waals surface area contributed by atoms with Crippen LogP contribution in [0.25, 0.3) is 0 Å². The van der Waals surface area contributed by atoms with Gasteiger partial charge in [-0.2, -0.15) is 0 Å². The number of methoxy groups -OCH3 is 1. The predicted octanol–water partition coefficient (Wildman–Crippen LogP) is 2.93. The van der Waals surface area contributed by atoms with Crippen molar-refractivity contribution in [2.24, 2.45) is 0 Å². The molecule has 1 heterocycles. The Morgan fingerprint density at radius 1 is 1.67 bits per heavy atom. The van der Waals surface area contributed by atoms with Crippen molar-refractivity contribution in [3.8, 4) is 0 Å². The van der Waals surface area contributed by atoms with Gasteiger partial charge in [0.1, 0.15) is 11.9 Å². The van der Waals surface area contributed by atoms with Crippen LogP contribution in [0, 0.1) is 0 Å². The fraction of sp³-hybridized carbons (Fsp3) is 0.400. The highest BCUT2D eigenvalue weighted by Crippen LogP contribution is 2.20. The highest BCUT2D eigenvalue weighted by Gasteiger charge is 2.10. The second-order valence-electron chi connectivity index (χ2n) is 2.54. The molecule has 0 N–H and O–H groups in total. The maximum atomic E-state index is 5.25. The Balaban J connectivity index is 2.57. The van der Waals surface area contributed by atoms with Crippen molar-refractivity contribution in [1.29, 1.82) is 0 Å². The zero-order valence-corrected chi connectivity index (χ0v) is 7.49. The third-order valence-electron chi connectivity index (χ3n) is 1.73. The summed E-state index contributed by atoms with van der Waals surface area (Å²) in [6.07, 6.45) is 6.65. The molecular formula is C10H14O2. The lowest BCUT2D eigenvalue weighted by molar-refractivity contribution is 0.0864. The lowest BCUT2D eigenvalue weighted by Gasteiger charge is -2.09. The third kappa shape index (κ3) is 2.24. The van der Waals surface area contributed by atoms with E-state index in [1.807, 2.05) is 25.1 Å². The molecular weight excluding hydrogens is 152 g/mol. The van der Waals surface area contributed by atoms with Crippen molar-refractivity contribution >= 4 is 0 Å². The van der Waals surface area contributed by atoms with E-state index in [-0.39, 0.29) is 6.10 Å². The fourth-order valence-electron chi connectivity index (χ4n) is 1.06. The van der Waals surface area contributed by atoms with Gasteiger partial charge < -0.3 is 9.15 Å². The zero-order valence-electron chi connectivity index (χ0n) is 7.49. The van der Waals surface area contributed by atoms with E-state index in [4.69, 9.17) is 9.15 Å². The molecule has 1 atom stereocenters. The van der Waals surface area contributed by atoms with Gasteiger partial charge in [-0.15, -0.1) is 0 Å². The largest absolute Gasteiger partial charge is 0.467 e. The molecule has 66 valence electrons. The van der Waals surface area contributed by atoms with Gasteiger partial charge in [0.15, 0.2) is 0 Å². The molecule has 1 aromatic rings. The summed E-state index contributed by atoms with van der Waals surface area (Å²) in [5, 5.41) is 0. The quantitative estimate of drug-likeness (QED) is 0.641. The van der Waals surface area contributed by atoms with Gasteiger partial charge in [-0.25, -0.2) is 0 Å². The van der Waals surface area contributed by atoms with Crippen LogP contribution in [0.2, 0.25) is 0 Å². The molecule has 1 unspecified atom stereocenters. The summed E-state index contributed by atoms with van der Waals surface area (Å²) in [4.78, 5) is 0. The Morgan fingerprint density at radius 2 is 2.50 bits per heavy atom. The highest BCUT2D eigenvalue weighted by atomic mass is 16.5. The first-order chi connectivity index (χ1) is 5.88. The normalized spacial score (nSPS) is 13.8. The molecule has 0 spiro atoms. The maximum Gasteiger partial charge on any atom is 0.132 e. The van der Waals surface area contributed by atoms with E-state index >= 15 is 0 Å². The molecule has 2 nitrogen and oxygen atoms in total. The molecule has 0 aliphatic carbocycles. The number of hydrogen-bond acceptors (Lipinski definition) is 2. The van der Waals surface area contributed by atoms with Crippen LogP contribution in [0.3, 0.4) is 0 Å². The van der Waals surface area contributed by atoms with Crippen LogP contribution in [-0.2, 0) is 4.74 Å². The molecule has 12 heavy (non-hydrogen) atoms. The van der Waals surface area contributed by atoms with Crippen molar-refractivity contribution in [2.45, 2.75) is 19.4 Å². The first kappa shape index (κ1) is 9.07. The van der Waals surface area contributed by atoms with Crippen LogP contribution in [-0.4, -0.2) is 7.11 Å². The SMILES string of the molecule is C/C=C/CC(OC)c1ccco1. The van der Waals surface area contributed by atoms with Gasteiger partial charge in [0.2, 0.25) is 0 Å². The standard InChI is InChI=1S/C10H14O2/c1-3-4-6-9(11-2)10-7-5-8-12-10/h3-5,7-9H,6H2,1-2H3/b4-3+. The Labute approximate surface area is 72.8 Å². The van der Waals surface area contributed by atoms with E-state index in [1.165, 1.54) is 0 Å². The smallest absolute Gasteiger partial charge is 0.132 e. The lowest BCUT2D eigenvalue weighted by Crippen LogP contribution is -1.97. The molecule has 2 heteroatoms. The molecule has 0 radical (unpaired) electrons. The van der Waals surface area contributed by atoms with Crippen LogP contribution in [0.1, 0.15) is 25.2 Å². The Morgan fingerprint density at radius 3 is 3.00 bits per heavy atom. The molecule has 0 fully saturated rings. The average molecular weight is 166 g/mol. The molecule has 0 amide bonds. The molecule has 0 bridgehead atoms. The summed E-state index contributed by atoms with van der Waals surface area (Å²) in [5.74, 6) is 0.885. The van der Waals surface area contributed by atoms with Gasteiger partial charge >= 0.3 is 0 Å². The van der Waals surface area contributed by atoms with Crippen LogP contribution >= 0.6 is 0 Å². The van der Waals surface area contributed by atoms with E-state index in [0.717, 1.165) is 12.2 Å². The molecule has 0 aliphatic rings. The lowest BCUT2D eigenvalue weighted by atomic mass is 10.2. The van der Waals surface area contributed by atoms with Crippen molar-refractivity contribution in [1.82, 2.24) is 0 Å². The number of furan rings is 1. The minimum absolute atomic E-state index is 0.0520. The van der Waals surface area contributed by atoms with Crippen molar-refractivity contribution in [3.05, 3.63) is 36.3 Å². The monoisotopic (exact) mass is 166 g/mol. The molecule has 0 aromatic carbocycles. The topological polar surface area (TPSA) is 22.4 Å². The van der Waals surface area contributed by atoms with E-state index in [1.54, 1.807) is 13.4 Å². The summed E-state index contributed by atoms with van der Waals surface area (Å²) < 4.78 is 10.5. The maximum absolute atomic E-state index is 5.25.